The zero-order valence-corrected chi connectivity index (χ0v) is 12.3. The van der Waals surface area contributed by atoms with Gasteiger partial charge >= 0.3 is 6.03 Å². The van der Waals surface area contributed by atoms with Gasteiger partial charge in [-0.1, -0.05) is 6.07 Å². The van der Waals surface area contributed by atoms with Crippen LogP contribution in [0.3, 0.4) is 0 Å². The van der Waals surface area contributed by atoms with E-state index in [1.807, 2.05) is 16.3 Å². The number of anilines is 1. The molecule has 5 heteroatoms. The second-order valence-electron chi connectivity index (χ2n) is 4.99. The zero-order chi connectivity index (χ0) is 14.7. The maximum absolute atomic E-state index is 12.4. The van der Waals surface area contributed by atoms with Crippen LogP contribution in [0.2, 0.25) is 0 Å². The highest BCUT2D eigenvalue weighted by atomic mass is 32.1. The van der Waals surface area contributed by atoms with Gasteiger partial charge in [0, 0.05) is 17.1 Å². The summed E-state index contributed by atoms with van der Waals surface area (Å²) < 4.78 is 0. The number of benzene rings is 1. The molecule has 1 saturated heterocycles. The Labute approximate surface area is 127 Å². The molecule has 106 valence electrons. The Morgan fingerprint density at radius 3 is 2.81 bits per heavy atom. The molecule has 0 unspecified atom stereocenters. The van der Waals surface area contributed by atoms with Gasteiger partial charge in [0.25, 0.3) is 0 Å². The monoisotopic (exact) mass is 297 g/mol. The van der Waals surface area contributed by atoms with Gasteiger partial charge in [-0.05, 0) is 48.6 Å². The van der Waals surface area contributed by atoms with Crippen molar-refractivity contribution in [3.8, 4) is 6.07 Å². The van der Waals surface area contributed by atoms with E-state index < -0.39 is 0 Å². The fourth-order valence-electron chi connectivity index (χ4n) is 2.61. The van der Waals surface area contributed by atoms with Crippen LogP contribution >= 0.6 is 11.3 Å². The summed E-state index contributed by atoms with van der Waals surface area (Å²) >= 11 is 1.69. The number of nitrogens with zero attached hydrogens (tertiary/aromatic N) is 2. The quantitative estimate of drug-likeness (QED) is 0.911. The molecule has 0 spiro atoms. The lowest BCUT2D eigenvalue weighted by atomic mass is 10.2. The predicted octanol–water partition coefficient (Wildman–Crippen LogP) is 3.99. The summed E-state index contributed by atoms with van der Waals surface area (Å²) in [5.41, 5.74) is 1.31. The normalized spacial score (nSPS) is 17.5. The maximum atomic E-state index is 12.4. The van der Waals surface area contributed by atoms with Crippen molar-refractivity contribution in [3.63, 3.8) is 0 Å². The van der Waals surface area contributed by atoms with E-state index in [2.05, 4.69) is 17.5 Å². The summed E-state index contributed by atoms with van der Waals surface area (Å²) in [6, 6.07) is 13.2. The van der Waals surface area contributed by atoms with Crippen LogP contribution in [0, 0.1) is 11.3 Å². The van der Waals surface area contributed by atoms with E-state index in [1.165, 1.54) is 4.88 Å². The first-order valence-corrected chi connectivity index (χ1v) is 7.77. The first kappa shape index (κ1) is 13.7. The summed E-state index contributed by atoms with van der Waals surface area (Å²) in [5, 5.41) is 13.7. The van der Waals surface area contributed by atoms with Crippen molar-refractivity contribution in [3.05, 3.63) is 52.2 Å². The number of nitriles is 1. The van der Waals surface area contributed by atoms with Crippen LogP contribution in [0.4, 0.5) is 10.5 Å². The SMILES string of the molecule is N#Cc1ccc(NC(=O)N2CCC[C@@H]2c2cccs2)cc1. The summed E-state index contributed by atoms with van der Waals surface area (Å²) in [6.07, 6.45) is 2.05. The largest absolute Gasteiger partial charge is 0.322 e. The highest BCUT2D eigenvalue weighted by Crippen LogP contribution is 2.34. The molecular weight excluding hydrogens is 282 g/mol. The molecule has 1 aromatic heterocycles. The average Bonchev–Trinajstić information content (AvgIpc) is 3.18. The third-order valence-electron chi connectivity index (χ3n) is 3.65. The summed E-state index contributed by atoms with van der Waals surface area (Å²) in [6.45, 7) is 0.782. The number of carbonyl (C=O) groups is 1. The molecule has 21 heavy (non-hydrogen) atoms. The Kier molecular flexibility index (Phi) is 3.89. The first-order valence-electron chi connectivity index (χ1n) is 6.89. The Balaban J connectivity index is 1.71. The Morgan fingerprint density at radius 2 is 2.14 bits per heavy atom. The lowest BCUT2D eigenvalue weighted by molar-refractivity contribution is 0.208. The average molecular weight is 297 g/mol. The minimum Gasteiger partial charge on any atom is -0.317 e. The maximum Gasteiger partial charge on any atom is 0.322 e. The molecule has 1 N–H and O–H groups in total. The lowest BCUT2D eigenvalue weighted by Crippen LogP contribution is -2.34. The van der Waals surface area contributed by atoms with Gasteiger partial charge in [-0.25, -0.2) is 4.79 Å². The highest BCUT2D eigenvalue weighted by molar-refractivity contribution is 7.10. The number of hydrogen-bond acceptors (Lipinski definition) is 3. The van der Waals surface area contributed by atoms with Gasteiger partial charge < -0.3 is 10.2 Å². The third-order valence-corrected chi connectivity index (χ3v) is 4.62. The number of carbonyl (C=O) groups excluding carboxylic acids is 1. The molecule has 1 aliphatic rings. The Morgan fingerprint density at radius 1 is 1.33 bits per heavy atom. The first-order chi connectivity index (χ1) is 10.3. The van der Waals surface area contributed by atoms with Gasteiger partial charge in [0.15, 0.2) is 0 Å². The van der Waals surface area contributed by atoms with Gasteiger partial charge in [0.05, 0.1) is 17.7 Å². The van der Waals surface area contributed by atoms with Gasteiger partial charge in [0.1, 0.15) is 0 Å². The molecule has 1 fully saturated rings. The van der Waals surface area contributed by atoms with Crippen LogP contribution in [0.15, 0.2) is 41.8 Å². The van der Waals surface area contributed by atoms with E-state index in [4.69, 9.17) is 5.26 Å². The summed E-state index contributed by atoms with van der Waals surface area (Å²) in [5.74, 6) is 0. The fourth-order valence-corrected chi connectivity index (χ4v) is 3.48. The zero-order valence-electron chi connectivity index (χ0n) is 11.5. The molecule has 1 aromatic carbocycles. The number of thiophene rings is 1. The fraction of sp³-hybridized carbons (Fsp3) is 0.250. The molecule has 0 radical (unpaired) electrons. The Bertz CT molecular complexity index is 658. The van der Waals surface area contributed by atoms with Crippen LogP contribution < -0.4 is 5.32 Å². The molecule has 2 amide bonds. The van der Waals surface area contributed by atoms with Crippen LogP contribution in [0.25, 0.3) is 0 Å². The van der Waals surface area contributed by atoms with Gasteiger partial charge in [-0.15, -0.1) is 11.3 Å². The van der Waals surface area contributed by atoms with Crippen molar-refractivity contribution in [1.29, 1.82) is 5.26 Å². The van der Waals surface area contributed by atoms with Crippen molar-refractivity contribution in [2.75, 3.05) is 11.9 Å². The minimum atomic E-state index is -0.0735. The van der Waals surface area contributed by atoms with E-state index in [1.54, 1.807) is 35.6 Å². The van der Waals surface area contributed by atoms with E-state index in [9.17, 15) is 4.79 Å². The van der Waals surface area contributed by atoms with E-state index in [-0.39, 0.29) is 12.1 Å². The van der Waals surface area contributed by atoms with Crippen LogP contribution in [0.5, 0.6) is 0 Å². The molecule has 1 aliphatic heterocycles. The number of urea groups is 1. The van der Waals surface area contributed by atoms with Crippen molar-refractivity contribution in [2.24, 2.45) is 0 Å². The van der Waals surface area contributed by atoms with E-state index in [0.717, 1.165) is 25.1 Å². The van der Waals surface area contributed by atoms with Gasteiger partial charge in [0.2, 0.25) is 0 Å². The molecule has 2 aromatic rings. The molecule has 0 saturated carbocycles. The molecule has 1 atom stereocenters. The molecular formula is C16H15N3OS. The third kappa shape index (κ3) is 2.91. The molecule has 3 rings (SSSR count). The molecule has 2 heterocycles. The smallest absolute Gasteiger partial charge is 0.317 e. The van der Waals surface area contributed by atoms with Gasteiger partial charge in [-0.3, -0.25) is 0 Å². The molecule has 0 bridgehead atoms. The minimum absolute atomic E-state index is 0.0735. The molecule has 0 aliphatic carbocycles. The number of hydrogen-bond donors (Lipinski definition) is 1. The van der Waals surface area contributed by atoms with E-state index >= 15 is 0 Å². The highest BCUT2D eigenvalue weighted by Gasteiger charge is 2.30. The standard InChI is InChI=1S/C16H15N3OS/c17-11-12-5-7-13(8-6-12)18-16(20)19-9-1-3-14(19)15-4-2-10-21-15/h2,4-8,10,14H,1,3,9H2,(H,18,20)/t14-/m1/s1. The Hall–Kier alpha value is -2.32. The van der Waals surface area contributed by atoms with Crippen molar-refractivity contribution in [1.82, 2.24) is 4.90 Å². The second kappa shape index (κ2) is 5.98. The number of likely N-dealkylation sites (tertiary alicyclic amines) is 1. The molecule has 4 nitrogen and oxygen atoms in total. The van der Waals surface area contributed by atoms with Crippen LogP contribution in [-0.2, 0) is 0 Å². The van der Waals surface area contributed by atoms with E-state index in [0.29, 0.717) is 5.56 Å². The van der Waals surface area contributed by atoms with Crippen LogP contribution in [-0.4, -0.2) is 17.5 Å². The number of amides is 2. The predicted molar refractivity (Wildman–Crippen MR) is 83.2 cm³/mol. The number of nitrogens with one attached hydrogen (secondary N) is 1. The second-order valence-corrected chi connectivity index (χ2v) is 5.97. The summed E-state index contributed by atoms with van der Waals surface area (Å²) in [7, 11) is 0. The van der Waals surface area contributed by atoms with Crippen LogP contribution in [0.1, 0.15) is 29.3 Å². The van der Waals surface area contributed by atoms with Crippen molar-refractivity contribution >= 4 is 23.1 Å². The topological polar surface area (TPSA) is 56.1 Å². The van der Waals surface area contributed by atoms with Gasteiger partial charge in [-0.2, -0.15) is 5.26 Å². The summed E-state index contributed by atoms with van der Waals surface area (Å²) in [4.78, 5) is 15.6. The van der Waals surface area contributed by atoms with Crippen molar-refractivity contribution < 1.29 is 4.79 Å². The lowest BCUT2D eigenvalue weighted by Gasteiger charge is -2.24. The van der Waals surface area contributed by atoms with Crippen molar-refractivity contribution in [2.45, 2.75) is 18.9 Å². The number of rotatable bonds is 2.